The summed E-state index contributed by atoms with van der Waals surface area (Å²) in [6, 6.07) is 4.17. The van der Waals surface area contributed by atoms with Crippen molar-refractivity contribution in [3.63, 3.8) is 0 Å². The summed E-state index contributed by atoms with van der Waals surface area (Å²) in [5.74, 6) is 0. The number of nitrogens with one attached hydrogen (secondary N) is 1. The van der Waals surface area contributed by atoms with Crippen molar-refractivity contribution in [1.29, 1.82) is 0 Å². The van der Waals surface area contributed by atoms with E-state index in [2.05, 4.69) is 15.4 Å². The van der Waals surface area contributed by atoms with Gasteiger partial charge in [0.2, 0.25) is 0 Å². The summed E-state index contributed by atoms with van der Waals surface area (Å²) in [5.41, 5.74) is 0. The highest BCUT2D eigenvalue weighted by Gasteiger charge is 2.10. The van der Waals surface area contributed by atoms with Crippen molar-refractivity contribution in [3.8, 4) is 0 Å². The van der Waals surface area contributed by atoms with Gasteiger partial charge < -0.3 is 4.98 Å². The predicted octanol–water partition coefficient (Wildman–Crippen LogP) is 2.51. The Hall–Kier alpha value is -0.410. The second kappa shape index (κ2) is 4.01. The molecule has 2 heterocycles. The lowest BCUT2D eigenvalue weighted by atomic mass is 10.2. The number of hydrogen-bond acceptors (Lipinski definition) is 2. The molecule has 1 saturated heterocycles. The third kappa shape index (κ3) is 2.05. The van der Waals surface area contributed by atoms with E-state index in [0.717, 1.165) is 0 Å². The monoisotopic (exact) mass is 182 g/mol. The SMILES string of the molecule is c1c[nH]c(SN2CCCCC2)c1. The zero-order valence-electron chi connectivity index (χ0n) is 7.12. The van der Waals surface area contributed by atoms with E-state index >= 15 is 0 Å². The van der Waals surface area contributed by atoms with Gasteiger partial charge in [0, 0.05) is 19.3 Å². The highest BCUT2D eigenvalue weighted by atomic mass is 32.2. The van der Waals surface area contributed by atoms with Crippen molar-refractivity contribution in [2.24, 2.45) is 0 Å². The molecule has 0 unspecified atom stereocenters. The first kappa shape index (κ1) is 8.20. The highest BCUT2D eigenvalue weighted by Crippen LogP contribution is 2.24. The van der Waals surface area contributed by atoms with Crippen LogP contribution in [0.4, 0.5) is 0 Å². The number of hydrogen-bond donors (Lipinski definition) is 1. The van der Waals surface area contributed by atoms with Crippen LogP contribution in [-0.2, 0) is 0 Å². The van der Waals surface area contributed by atoms with Crippen LogP contribution in [0.5, 0.6) is 0 Å². The quantitative estimate of drug-likeness (QED) is 0.709. The number of rotatable bonds is 2. The van der Waals surface area contributed by atoms with Gasteiger partial charge in [-0.15, -0.1) is 0 Å². The molecule has 0 amide bonds. The Morgan fingerprint density at radius 1 is 1.25 bits per heavy atom. The average Bonchev–Trinajstić information content (AvgIpc) is 2.59. The first-order valence-electron chi connectivity index (χ1n) is 4.51. The van der Waals surface area contributed by atoms with E-state index in [1.54, 1.807) is 0 Å². The smallest absolute Gasteiger partial charge is 0.0876 e. The Balaban J connectivity index is 1.86. The number of aromatic amines is 1. The standard InChI is InChI=1S/C9H14N2S/c1-2-7-11(8-3-1)12-9-5-4-6-10-9/h4-6,10H,1-3,7-8H2. The highest BCUT2D eigenvalue weighted by molar-refractivity contribution is 7.97. The summed E-state index contributed by atoms with van der Waals surface area (Å²) in [6.07, 6.45) is 6.09. The lowest BCUT2D eigenvalue weighted by Crippen LogP contribution is -2.22. The lowest BCUT2D eigenvalue weighted by Gasteiger charge is -2.24. The zero-order valence-corrected chi connectivity index (χ0v) is 7.94. The maximum Gasteiger partial charge on any atom is 0.0876 e. The molecule has 1 aliphatic rings. The molecule has 1 aromatic heterocycles. The zero-order chi connectivity index (χ0) is 8.23. The normalized spacial score (nSPS) is 19.7. The fourth-order valence-electron chi connectivity index (χ4n) is 1.47. The topological polar surface area (TPSA) is 19.0 Å². The van der Waals surface area contributed by atoms with E-state index in [-0.39, 0.29) is 0 Å². The summed E-state index contributed by atoms with van der Waals surface area (Å²) in [4.78, 5) is 3.21. The molecule has 1 aliphatic heterocycles. The molecule has 0 saturated carbocycles. The third-order valence-corrected chi connectivity index (χ3v) is 3.19. The third-order valence-electron chi connectivity index (χ3n) is 2.11. The van der Waals surface area contributed by atoms with E-state index in [4.69, 9.17) is 0 Å². The summed E-state index contributed by atoms with van der Waals surface area (Å²) in [7, 11) is 0. The molecule has 2 nitrogen and oxygen atoms in total. The molecular formula is C9H14N2S. The Morgan fingerprint density at radius 3 is 2.75 bits per heavy atom. The molecule has 12 heavy (non-hydrogen) atoms. The second-order valence-electron chi connectivity index (χ2n) is 3.12. The molecule has 1 N–H and O–H groups in total. The summed E-state index contributed by atoms with van der Waals surface area (Å²) < 4.78 is 2.44. The van der Waals surface area contributed by atoms with Crippen LogP contribution in [0.1, 0.15) is 19.3 Å². The van der Waals surface area contributed by atoms with E-state index in [1.807, 2.05) is 24.2 Å². The van der Waals surface area contributed by atoms with Gasteiger partial charge in [-0.2, -0.15) is 0 Å². The van der Waals surface area contributed by atoms with Crippen LogP contribution in [0.25, 0.3) is 0 Å². The average molecular weight is 182 g/mol. The molecule has 1 aromatic rings. The molecule has 0 aromatic carbocycles. The van der Waals surface area contributed by atoms with E-state index in [0.29, 0.717) is 0 Å². The molecule has 0 spiro atoms. The van der Waals surface area contributed by atoms with Crippen LogP contribution in [0, 0.1) is 0 Å². The molecule has 3 heteroatoms. The number of aromatic nitrogens is 1. The lowest BCUT2D eigenvalue weighted by molar-refractivity contribution is 0.380. The van der Waals surface area contributed by atoms with Crippen molar-refractivity contribution in [2.45, 2.75) is 24.3 Å². The van der Waals surface area contributed by atoms with Crippen LogP contribution in [0.15, 0.2) is 23.4 Å². The van der Waals surface area contributed by atoms with Crippen molar-refractivity contribution < 1.29 is 0 Å². The van der Waals surface area contributed by atoms with E-state index < -0.39 is 0 Å². The van der Waals surface area contributed by atoms with Gasteiger partial charge in [-0.3, -0.25) is 0 Å². The Morgan fingerprint density at radius 2 is 2.08 bits per heavy atom. The fourth-order valence-corrected chi connectivity index (χ4v) is 2.45. The minimum atomic E-state index is 1.24. The van der Waals surface area contributed by atoms with Gasteiger partial charge in [0.15, 0.2) is 0 Å². The maximum absolute atomic E-state index is 3.21. The van der Waals surface area contributed by atoms with Gasteiger partial charge in [0.1, 0.15) is 0 Å². The van der Waals surface area contributed by atoms with Crippen LogP contribution in [-0.4, -0.2) is 22.4 Å². The van der Waals surface area contributed by atoms with E-state index in [1.165, 1.54) is 37.4 Å². The minimum absolute atomic E-state index is 1.24. The predicted molar refractivity (Wildman–Crippen MR) is 52.1 cm³/mol. The Bertz CT molecular complexity index is 214. The van der Waals surface area contributed by atoms with Crippen LogP contribution in [0.3, 0.4) is 0 Å². The number of nitrogens with zero attached hydrogens (tertiary/aromatic N) is 1. The van der Waals surface area contributed by atoms with Gasteiger partial charge in [-0.05, 0) is 36.9 Å². The molecule has 0 bridgehead atoms. The van der Waals surface area contributed by atoms with Gasteiger partial charge in [0.25, 0.3) is 0 Å². The van der Waals surface area contributed by atoms with Crippen molar-refractivity contribution in [1.82, 2.24) is 9.29 Å². The molecule has 0 aliphatic carbocycles. The van der Waals surface area contributed by atoms with Crippen molar-refractivity contribution in [3.05, 3.63) is 18.3 Å². The summed E-state index contributed by atoms with van der Waals surface area (Å²) >= 11 is 1.85. The molecule has 0 radical (unpaired) electrons. The summed E-state index contributed by atoms with van der Waals surface area (Å²) in [6.45, 7) is 2.48. The molecule has 1 fully saturated rings. The van der Waals surface area contributed by atoms with Crippen LogP contribution >= 0.6 is 11.9 Å². The van der Waals surface area contributed by atoms with Gasteiger partial charge in [-0.25, -0.2) is 4.31 Å². The first-order valence-corrected chi connectivity index (χ1v) is 5.29. The molecular weight excluding hydrogens is 168 g/mol. The largest absolute Gasteiger partial charge is 0.355 e. The van der Waals surface area contributed by atoms with Gasteiger partial charge >= 0.3 is 0 Å². The van der Waals surface area contributed by atoms with Crippen molar-refractivity contribution in [2.75, 3.05) is 13.1 Å². The molecule has 66 valence electrons. The van der Waals surface area contributed by atoms with Crippen LogP contribution < -0.4 is 0 Å². The Labute approximate surface area is 77.5 Å². The summed E-state index contributed by atoms with van der Waals surface area (Å²) in [5, 5.41) is 1.26. The van der Waals surface area contributed by atoms with Crippen molar-refractivity contribution >= 4 is 11.9 Å². The molecule has 2 rings (SSSR count). The van der Waals surface area contributed by atoms with Crippen LogP contribution in [0.2, 0.25) is 0 Å². The Kier molecular flexibility index (Phi) is 2.74. The van der Waals surface area contributed by atoms with E-state index in [9.17, 15) is 0 Å². The second-order valence-corrected chi connectivity index (χ2v) is 4.25. The number of piperidine rings is 1. The first-order chi connectivity index (χ1) is 5.95. The minimum Gasteiger partial charge on any atom is -0.355 e. The maximum atomic E-state index is 3.21. The van der Waals surface area contributed by atoms with Gasteiger partial charge in [0.05, 0.1) is 5.03 Å². The number of H-pyrrole nitrogens is 1. The fraction of sp³-hybridized carbons (Fsp3) is 0.556. The molecule has 0 atom stereocenters. The van der Waals surface area contributed by atoms with Gasteiger partial charge in [-0.1, -0.05) is 6.42 Å².